The molecule has 0 aliphatic carbocycles. The largest absolute Gasteiger partial charge is 0.353 e. The molecule has 0 saturated carbocycles. The van der Waals surface area contributed by atoms with Crippen LogP contribution in [0.15, 0.2) is 27.6 Å². The zero-order chi connectivity index (χ0) is 14.8. The minimum Gasteiger partial charge on any atom is -0.353 e. The van der Waals surface area contributed by atoms with Crippen molar-refractivity contribution in [3.8, 4) is 0 Å². The first-order valence-electron chi connectivity index (χ1n) is 7.54. The Kier molecular flexibility index (Phi) is 6.62. The van der Waals surface area contributed by atoms with E-state index in [1.165, 1.54) is 23.3 Å². The molecule has 3 rings (SSSR count). The lowest BCUT2D eigenvalue weighted by Crippen LogP contribution is -2.48. The number of amides is 1. The van der Waals surface area contributed by atoms with Crippen molar-refractivity contribution in [2.24, 2.45) is 0 Å². The zero-order valence-corrected chi connectivity index (χ0v) is 15.8. The molecule has 22 heavy (non-hydrogen) atoms. The predicted octanol–water partition coefficient (Wildman–Crippen LogP) is 3.67. The first-order chi connectivity index (χ1) is 10.1. The van der Waals surface area contributed by atoms with Gasteiger partial charge in [-0.3, -0.25) is 4.79 Å². The number of thioether (sulfide) groups is 1. The Labute approximate surface area is 150 Å². The number of carbonyl (C=O) groups is 1. The summed E-state index contributed by atoms with van der Waals surface area (Å²) in [5, 5.41) is 6.81. The quantitative estimate of drug-likeness (QED) is 0.751. The van der Waals surface area contributed by atoms with E-state index in [-0.39, 0.29) is 18.3 Å². The van der Waals surface area contributed by atoms with E-state index in [4.69, 9.17) is 0 Å². The van der Waals surface area contributed by atoms with Crippen LogP contribution in [-0.2, 0) is 4.79 Å². The summed E-state index contributed by atoms with van der Waals surface area (Å²) >= 11 is 5.09. The van der Waals surface area contributed by atoms with Gasteiger partial charge in [0.05, 0.1) is 5.75 Å². The molecule has 2 aliphatic heterocycles. The van der Waals surface area contributed by atoms with E-state index in [2.05, 4.69) is 45.6 Å². The molecular weight excluding hydrogens is 384 g/mol. The summed E-state index contributed by atoms with van der Waals surface area (Å²) in [4.78, 5) is 13.3. The first kappa shape index (κ1) is 18.1. The van der Waals surface area contributed by atoms with Gasteiger partial charge in [-0.15, -0.1) is 24.2 Å². The van der Waals surface area contributed by atoms with Gasteiger partial charge >= 0.3 is 0 Å². The van der Waals surface area contributed by atoms with Crippen LogP contribution in [0.2, 0.25) is 0 Å². The number of fused-ring (bicyclic) bond motifs is 2. The highest BCUT2D eigenvalue weighted by molar-refractivity contribution is 9.10. The molecule has 0 aromatic heterocycles. The van der Waals surface area contributed by atoms with E-state index in [9.17, 15) is 4.79 Å². The minimum atomic E-state index is 0. The SMILES string of the molecule is Cc1cc(Br)ccc1SCC(=O)NC1CC2CCC(C1)N2.Cl. The Morgan fingerprint density at radius 1 is 1.36 bits per heavy atom. The van der Waals surface area contributed by atoms with Gasteiger partial charge in [0.2, 0.25) is 5.91 Å². The summed E-state index contributed by atoms with van der Waals surface area (Å²) < 4.78 is 1.08. The topological polar surface area (TPSA) is 41.1 Å². The van der Waals surface area contributed by atoms with E-state index < -0.39 is 0 Å². The molecule has 2 saturated heterocycles. The van der Waals surface area contributed by atoms with E-state index in [0.717, 1.165) is 17.3 Å². The highest BCUT2D eigenvalue weighted by Gasteiger charge is 2.33. The second kappa shape index (κ2) is 8.04. The number of piperidine rings is 1. The van der Waals surface area contributed by atoms with Crippen molar-refractivity contribution < 1.29 is 4.79 Å². The van der Waals surface area contributed by atoms with Crippen molar-refractivity contribution in [2.45, 2.75) is 55.6 Å². The Morgan fingerprint density at radius 2 is 2.05 bits per heavy atom. The van der Waals surface area contributed by atoms with E-state index in [1.54, 1.807) is 11.8 Å². The average molecular weight is 406 g/mol. The molecule has 2 atom stereocenters. The smallest absolute Gasteiger partial charge is 0.230 e. The monoisotopic (exact) mass is 404 g/mol. The molecule has 122 valence electrons. The number of hydrogen-bond donors (Lipinski definition) is 2. The minimum absolute atomic E-state index is 0. The molecule has 2 bridgehead atoms. The maximum absolute atomic E-state index is 12.1. The van der Waals surface area contributed by atoms with Gasteiger partial charge in [-0.2, -0.15) is 0 Å². The Hall–Kier alpha value is -0.230. The number of carbonyl (C=O) groups excluding carboxylic acids is 1. The van der Waals surface area contributed by atoms with Gasteiger partial charge in [0.1, 0.15) is 0 Å². The Bertz CT molecular complexity index is 531. The second-order valence-corrected chi connectivity index (χ2v) is 8.01. The van der Waals surface area contributed by atoms with Gasteiger partial charge in [0.25, 0.3) is 0 Å². The second-order valence-electron chi connectivity index (χ2n) is 6.07. The fraction of sp³-hybridized carbons (Fsp3) is 0.562. The van der Waals surface area contributed by atoms with Crippen LogP contribution in [-0.4, -0.2) is 29.8 Å². The van der Waals surface area contributed by atoms with E-state index in [0.29, 0.717) is 23.9 Å². The average Bonchev–Trinajstić information content (AvgIpc) is 2.77. The number of hydrogen-bond acceptors (Lipinski definition) is 3. The molecular formula is C16H22BrClN2OS. The molecule has 2 fully saturated rings. The van der Waals surface area contributed by atoms with Crippen LogP contribution in [0.5, 0.6) is 0 Å². The maximum Gasteiger partial charge on any atom is 0.230 e. The fourth-order valence-corrected chi connectivity index (χ4v) is 4.66. The van der Waals surface area contributed by atoms with Crippen LogP contribution >= 0.6 is 40.1 Å². The van der Waals surface area contributed by atoms with E-state index >= 15 is 0 Å². The standard InChI is InChI=1S/C16H21BrN2OS.ClH/c1-10-6-11(17)2-5-15(10)21-9-16(20)19-14-7-12-3-4-13(8-14)18-12;/h2,5-6,12-14,18H,3-4,7-9H2,1H3,(H,19,20);1H. The number of halogens is 2. The molecule has 1 aromatic carbocycles. The molecule has 3 nitrogen and oxygen atoms in total. The molecule has 2 unspecified atom stereocenters. The van der Waals surface area contributed by atoms with Gasteiger partial charge in [0, 0.05) is 27.5 Å². The Morgan fingerprint density at radius 3 is 2.68 bits per heavy atom. The van der Waals surface area contributed by atoms with Gasteiger partial charge in [-0.25, -0.2) is 0 Å². The third kappa shape index (κ3) is 4.63. The van der Waals surface area contributed by atoms with Crippen molar-refractivity contribution in [3.63, 3.8) is 0 Å². The third-order valence-corrected chi connectivity index (χ3v) is 6.00. The van der Waals surface area contributed by atoms with Crippen molar-refractivity contribution in [3.05, 3.63) is 28.2 Å². The maximum atomic E-state index is 12.1. The summed E-state index contributed by atoms with van der Waals surface area (Å²) in [5.41, 5.74) is 1.21. The van der Waals surface area contributed by atoms with Gasteiger partial charge < -0.3 is 10.6 Å². The van der Waals surface area contributed by atoms with Gasteiger partial charge in [-0.05, 0) is 56.4 Å². The van der Waals surface area contributed by atoms with E-state index in [1.807, 2.05) is 6.07 Å². The van der Waals surface area contributed by atoms with Crippen molar-refractivity contribution in [2.75, 3.05) is 5.75 Å². The van der Waals surface area contributed by atoms with Crippen LogP contribution in [0.25, 0.3) is 0 Å². The lowest BCUT2D eigenvalue weighted by atomic mass is 10.00. The number of aryl methyl sites for hydroxylation is 1. The van der Waals surface area contributed by atoms with Gasteiger partial charge in [-0.1, -0.05) is 15.9 Å². The Balaban J connectivity index is 0.00000176. The molecule has 0 spiro atoms. The molecule has 0 radical (unpaired) electrons. The van der Waals surface area contributed by atoms with Crippen LogP contribution in [0, 0.1) is 6.92 Å². The lowest BCUT2D eigenvalue weighted by Gasteiger charge is -2.29. The molecule has 2 N–H and O–H groups in total. The summed E-state index contributed by atoms with van der Waals surface area (Å²) in [7, 11) is 0. The molecule has 2 heterocycles. The normalized spacial score (nSPS) is 26.4. The number of rotatable bonds is 4. The predicted molar refractivity (Wildman–Crippen MR) is 98.0 cm³/mol. The molecule has 1 amide bonds. The van der Waals surface area contributed by atoms with Crippen LogP contribution < -0.4 is 10.6 Å². The summed E-state index contributed by atoms with van der Waals surface area (Å²) in [6.45, 7) is 2.08. The van der Waals surface area contributed by atoms with Crippen molar-refractivity contribution in [1.82, 2.24) is 10.6 Å². The summed E-state index contributed by atoms with van der Waals surface area (Å²) in [6, 6.07) is 7.79. The molecule has 6 heteroatoms. The number of nitrogens with one attached hydrogen (secondary N) is 2. The van der Waals surface area contributed by atoms with Crippen LogP contribution in [0.3, 0.4) is 0 Å². The molecule has 2 aliphatic rings. The highest BCUT2D eigenvalue weighted by Crippen LogP contribution is 2.28. The van der Waals surface area contributed by atoms with Crippen LogP contribution in [0.4, 0.5) is 0 Å². The third-order valence-electron chi connectivity index (χ3n) is 4.33. The van der Waals surface area contributed by atoms with Crippen molar-refractivity contribution in [1.29, 1.82) is 0 Å². The highest BCUT2D eigenvalue weighted by atomic mass is 79.9. The van der Waals surface area contributed by atoms with Crippen LogP contribution in [0.1, 0.15) is 31.2 Å². The van der Waals surface area contributed by atoms with Gasteiger partial charge in [0.15, 0.2) is 0 Å². The molecule has 1 aromatic rings. The summed E-state index contributed by atoms with van der Waals surface area (Å²) in [6.07, 6.45) is 4.71. The lowest BCUT2D eigenvalue weighted by molar-refractivity contribution is -0.119. The van der Waals surface area contributed by atoms with Crippen molar-refractivity contribution >= 4 is 46.0 Å². The number of benzene rings is 1. The fourth-order valence-electron chi connectivity index (χ4n) is 3.36. The first-order valence-corrected chi connectivity index (χ1v) is 9.32. The summed E-state index contributed by atoms with van der Waals surface area (Å²) in [5.74, 6) is 0.662. The zero-order valence-electron chi connectivity index (χ0n) is 12.6.